The Hall–Kier alpha value is -3.21. The monoisotopic (exact) mass is 347 g/mol. The second kappa shape index (κ2) is 7.35. The van der Waals surface area contributed by atoms with E-state index in [-0.39, 0.29) is 18.0 Å². The number of rotatable bonds is 4. The molecule has 0 N–H and O–H groups in total. The van der Waals surface area contributed by atoms with E-state index in [1.54, 1.807) is 13.1 Å². The molecule has 0 aliphatic heterocycles. The number of likely N-dealkylation sites (N-methyl/N-ethyl adjacent to an activating group) is 1. The Morgan fingerprint density at radius 3 is 2.42 bits per heavy atom. The summed E-state index contributed by atoms with van der Waals surface area (Å²) >= 11 is 0. The molecule has 0 saturated heterocycles. The van der Waals surface area contributed by atoms with Gasteiger partial charge in [-0.2, -0.15) is 5.10 Å². The van der Waals surface area contributed by atoms with Crippen LogP contribution in [0.4, 0.5) is 5.69 Å². The molecule has 1 aromatic heterocycles. The molecule has 0 spiro atoms. The van der Waals surface area contributed by atoms with Crippen LogP contribution >= 0.6 is 0 Å². The fraction of sp³-hybridized carbons (Fsp3) is 0.190. The smallest absolute Gasteiger partial charge is 0.267 e. The first-order chi connectivity index (χ1) is 12.5. The zero-order valence-electron chi connectivity index (χ0n) is 15.1. The van der Waals surface area contributed by atoms with Gasteiger partial charge in [0.15, 0.2) is 0 Å². The van der Waals surface area contributed by atoms with E-state index in [9.17, 15) is 9.59 Å². The molecule has 2 aromatic carbocycles. The number of carbonyl (C=O) groups excluding carboxylic acids is 1. The number of hydrogen-bond acceptors (Lipinski definition) is 3. The Morgan fingerprint density at radius 2 is 1.73 bits per heavy atom. The van der Waals surface area contributed by atoms with Crippen molar-refractivity contribution in [3.05, 3.63) is 82.1 Å². The number of carbonyl (C=O) groups is 1. The second-order valence-electron chi connectivity index (χ2n) is 6.30. The summed E-state index contributed by atoms with van der Waals surface area (Å²) in [5.74, 6) is -0.206. The van der Waals surface area contributed by atoms with E-state index in [1.165, 1.54) is 21.2 Å². The number of anilines is 1. The van der Waals surface area contributed by atoms with Crippen LogP contribution in [0.2, 0.25) is 0 Å². The largest absolute Gasteiger partial charge is 0.314 e. The van der Waals surface area contributed by atoms with Crippen LogP contribution in [0.1, 0.15) is 11.1 Å². The van der Waals surface area contributed by atoms with Gasteiger partial charge < -0.3 is 4.90 Å². The molecule has 0 saturated carbocycles. The minimum Gasteiger partial charge on any atom is -0.314 e. The highest BCUT2D eigenvalue weighted by atomic mass is 16.2. The maximum Gasteiger partial charge on any atom is 0.267 e. The van der Waals surface area contributed by atoms with Crippen molar-refractivity contribution in [3.8, 4) is 11.3 Å². The number of amides is 1. The molecule has 132 valence electrons. The Labute approximate surface area is 152 Å². The first kappa shape index (κ1) is 17.6. The Balaban J connectivity index is 1.87. The average Bonchev–Trinajstić information content (AvgIpc) is 2.66. The molecule has 3 aromatic rings. The summed E-state index contributed by atoms with van der Waals surface area (Å²) in [7, 11) is 1.69. The van der Waals surface area contributed by atoms with Crippen LogP contribution < -0.4 is 10.5 Å². The molecule has 0 radical (unpaired) electrons. The summed E-state index contributed by atoms with van der Waals surface area (Å²) < 4.78 is 1.21. The predicted molar refractivity (Wildman–Crippen MR) is 103 cm³/mol. The number of hydrogen-bond donors (Lipinski definition) is 0. The third kappa shape index (κ3) is 3.72. The zero-order chi connectivity index (χ0) is 18.7. The van der Waals surface area contributed by atoms with E-state index < -0.39 is 0 Å². The highest BCUT2D eigenvalue weighted by molar-refractivity contribution is 5.92. The van der Waals surface area contributed by atoms with Gasteiger partial charge in [-0.05, 0) is 49.2 Å². The lowest BCUT2D eigenvalue weighted by atomic mass is 10.0. The van der Waals surface area contributed by atoms with E-state index in [0.29, 0.717) is 5.69 Å². The van der Waals surface area contributed by atoms with Gasteiger partial charge in [-0.15, -0.1) is 0 Å². The Morgan fingerprint density at radius 1 is 1.00 bits per heavy atom. The zero-order valence-corrected chi connectivity index (χ0v) is 15.1. The first-order valence-electron chi connectivity index (χ1n) is 8.43. The highest BCUT2D eigenvalue weighted by Gasteiger charge is 2.13. The maximum atomic E-state index is 12.5. The van der Waals surface area contributed by atoms with Gasteiger partial charge in [0, 0.05) is 24.4 Å². The number of aryl methyl sites for hydroxylation is 2. The van der Waals surface area contributed by atoms with Crippen molar-refractivity contribution in [1.82, 2.24) is 9.78 Å². The molecule has 3 rings (SSSR count). The average molecular weight is 347 g/mol. The van der Waals surface area contributed by atoms with Crippen LogP contribution in [0, 0.1) is 13.8 Å². The van der Waals surface area contributed by atoms with E-state index in [4.69, 9.17) is 0 Å². The predicted octanol–water partition coefficient (Wildman–Crippen LogP) is 3.19. The summed E-state index contributed by atoms with van der Waals surface area (Å²) in [6.07, 6.45) is 0. The highest BCUT2D eigenvalue weighted by Crippen LogP contribution is 2.19. The van der Waals surface area contributed by atoms with Gasteiger partial charge in [0.1, 0.15) is 6.54 Å². The van der Waals surface area contributed by atoms with Gasteiger partial charge in [-0.3, -0.25) is 9.59 Å². The number of nitrogens with zero attached hydrogens (tertiary/aromatic N) is 3. The molecule has 0 aliphatic rings. The summed E-state index contributed by atoms with van der Waals surface area (Å²) in [6, 6.07) is 18.5. The van der Waals surface area contributed by atoms with Crippen molar-refractivity contribution < 1.29 is 4.79 Å². The van der Waals surface area contributed by atoms with Gasteiger partial charge >= 0.3 is 0 Å². The molecule has 5 heteroatoms. The SMILES string of the molecule is Cc1ccc(-c2ccc(=O)n(CC(=O)N(C)c3ccccc3)n2)cc1C. The molecule has 0 bridgehead atoms. The van der Waals surface area contributed by atoms with Crippen molar-refractivity contribution in [2.45, 2.75) is 20.4 Å². The van der Waals surface area contributed by atoms with Gasteiger partial charge in [0.25, 0.3) is 5.56 Å². The standard InChI is InChI=1S/C21H21N3O2/c1-15-9-10-17(13-16(15)2)19-11-12-20(25)24(22-19)14-21(26)23(3)18-7-5-4-6-8-18/h4-13H,14H2,1-3H3. The van der Waals surface area contributed by atoms with Crippen molar-refractivity contribution in [2.24, 2.45) is 0 Å². The molecule has 1 amide bonds. The maximum absolute atomic E-state index is 12.5. The molecular weight excluding hydrogens is 326 g/mol. The van der Waals surface area contributed by atoms with Crippen molar-refractivity contribution in [3.63, 3.8) is 0 Å². The van der Waals surface area contributed by atoms with Crippen molar-refractivity contribution in [1.29, 1.82) is 0 Å². The topological polar surface area (TPSA) is 55.2 Å². The molecule has 5 nitrogen and oxygen atoms in total. The van der Waals surface area contributed by atoms with Gasteiger partial charge in [-0.1, -0.05) is 30.3 Å². The second-order valence-corrected chi connectivity index (χ2v) is 6.30. The number of para-hydroxylation sites is 1. The fourth-order valence-electron chi connectivity index (χ4n) is 2.65. The molecule has 0 aliphatic carbocycles. The van der Waals surface area contributed by atoms with Gasteiger partial charge in [-0.25, -0.2) is 4.68 Å². The molecule has 0 atom stereocenters. The summed E-state index contributed by atoms with van der Waals surface area (Å²) in [5.41, 5.74) is 4.42. The number of benzene rings is 2. The van der Waals surface area contributed by atoms with Crippen LogP contribution in [0.25, 0.3) is 11.3 Å². The number of aromatic nitrogens is 2. The van der Waals surface area contributed by atoms with Crippen LogP contribution in [0.5, 0.6) is 0 Å². The molecule has 0 fully saturated rings. The van der Waals surface area contributed by atoms with E-state index >= 15 is 0 Å². The van der Waals surface area contributed by atoms with Crippen LogP contribution in [0.15, 0.2) is 65.5 Å². The lowest BCUT2D eigenvalue weighted by molar-refractivity contribution is -0.119. The fourth-order valence-corrected chi connectivity index (χ4v) is 2.65. The quantitative estimate of drug-likeness (QED) is 0.728. The minimum atomic E-state index is -0.299. The molecule has 0 unspecified atom stereocenters. The Kier molecular flexibility index (Phi) is 4.98. The third-order valence-electron chi connectivity index (χ3n) is 4.47. The van der Waals surface area contributed by atoms with Crippen molar-refractivity contribution >= 4 is 11.6 Å². The lowest BCUT2D eigenvalue weighted by Crippen LogP contribution is -2.34. The summed E-state index contributed by atoms with van der Waals surface area (Å²) in [5, 5.41) is 4.39. The molecule has 1 heterocycles. The summed E-state index contributed by atoms with van der Waals surface area (Å²) in [4.78, 5) is 26.2. The van der Waals surface area contributed by atoms with Gasteiger partial charge in [0.05, 0.1) is 5.69 Å². The van der Waals surface area contributed by atoms with Crippen molar-refractivity contribution in [2.75, 3.05) is 11.9 Å². The lowest BCUT2D eigenvalue weighted by Gasteiger charge is -2.17. The van der Waals surface area contributed by atoms with Crippen LogP contribution in [-0.2, 0) is 11.3 Å². The third-order valence-corrected chi connectivity index (χ3v) is 4.47. The minimum absolute atomic E-state index is 0.108. The van der Waals surface area contributed by atoms with Crippen LogP contribution in [0.3, 0.4) is 0 Å². The molecular formula is C21H21N3O2. The van der Waals surface area contributed by atoms with Gasteiger partial charge in [0.2, 0.25) is 5.91 Å². The molecule has 26 heavy (non-hydrogen) atoms. The summed E-state index contributed by atoms with van der Waals surface area (Å²) in [6.45, 7) is 3.97. The van der Waals surface area contributed by atoms with Crippen LogP contribution in [-0.4, -0.2) is 22.7 Å². The Bertz CT molecular complexity index is 994. The van der Waals surface area contributed by atoms with E-state index in [1.807, 2.05) is 62.4 Å². The normalized spacial score (nSPS) is 10.6. The van der Waals surface area contributed by atoms with E-state index in [0.717, 1.165) is 16.8 Å². The first-order valence-corrected chi connectivity index (χ1v) is 8.43. The van der Waals surface area contributed by atoms with E-state index in [2.05, 4.69) is 5.10 Å².